The SMILES string of the molecule is CCC(C)(C)NC(=O)Nc1cc(Cl)cc(C(=O)O)c1. The molecule has 0 aliphatic rings. The van der Waals surface area contributed by atoms with Crippen LogP contribution in [-0.2, 0) is 0 Å². The maximum Gasteiger partial charge on any atom is 0.335 e. The fourth-order valence-electron chi connectivity index (χ4n) is 1.34. The van der Waals surface area contributed by atoms with E-state index in [9.17, 15) is 9.59 Å². The Labute approximate surface area is 117 Å². The summed E-state index contributed by atoms with van der Waals surface area (Å²) in [5.41, 5.74) is 0.0324. The van der Waals surface area contributed by atoms with Crippen molar-refractivity contribution in [1.29, 1.82) is 0 Å². The van der Waals surface area contributed by atoms with Crippen molar-refractivity contribution in [3.8, 4) is 0 Å². The Hall–Kier alpha value is -1.75. The van der Waals surface area contributed by atoms with Crippen LogP contribution in [0.2, 0.25) is 5.02 Å². The molecule has 0 fully saturated rings. The van der Waals surface area contributed by atoms with Crippen molar-refractivity contribution in [2.75, 3.05) is 5.32 Å². The van der Waals surface area contributed by atoms with Gasteiger partial charge in [0, 0.05) is 16.2 Å². The highest BCUT2D eigenvalue weighted by Gasteiger charge is 2.18. The predicted molar refractivity (Wildman–Crippen MR) is 74.9 cm³/mol. The van der Waals surface area contributed by atoms with Crippen molar-refractivity contribution in [1.82, 2.24) is 5.32 Å². The number of amides is 2. The molecule has 0 aromatic heterocycles. The second-order valence-corrected chi connectivity index (χ2v) is 5.29. The first-order chi connectivity index (χ1) is 8.73. The Balaban J connectivity index is 2.82. The van der Waals surface area contributed by atoms with Gasteiger partial charge in [-0.15, -0.1) is 0 Å². The first-order valence-corrected chi connectivity index (χ1v) is 6.24. The highest BCUT2D eigenvalue weighted by Crippen LogP contribution is 2.19. The van der Waals surface area contributed by atoms with Gasteiger partial charge in [-0.05, 0) is 38.5 Å². The molecule has 2 amide bonds. The number of rotatable bonds is 4. The minimum absolute atomic E-state index is 0.0255. The minimum Gasteiger partial charge on any atom is -0.478 e. The first-order valence-electron chi connectivity index (χ1n) is 5.86. The Morgan fingerprint density at radius 2 is 1.95 bits per heavy atom. The summed E-state index contributed by atoms with van der Waals surface area (Å²) in [7, 11) is 0. The van der Waals surface area contributed by atoms with E-state index in [1.54, 1.807) is 0 Å². The molecule has 19 heavy (non-hydrogen) atoms. The minimum atomic E-state index is -1.10. The van der Waals surface area contributed by atoms with E-state index in [0.29, 0.717) is 5.69 Å². The lowest BCUT2D eigenvalue weighted by molar-refractivity contribution is 0.0697. The van der Waals surface area contributed by atoms with Crippen molar-refractivity contribution in [2.45, 2.75) is 32.7 Å². The van der Waals surface area contributed by atoms with E-state index in [-0.39, 0.29) is 16.1 Å². The molecule has 0 unspecified atom stereocenters. The quantitative estimate of drug-likeness (QED) is 0.793. The summed E-state index contributed by atoms with van der Waals surface area (Å²) < 4.78 is 0. The van der Waals surface area contributed by atoms with Crippen LogP contribution in [0.4, 0.5) is 10.5 Å². The van der Waals surface area contributed by atoms with Crippen LogP contribution >= 0.6 is 11.6 Å². The first kappa shape index (κ1) is 15.3. The zero-order valence-electron chi connectivity index (χ0n) is 11.1. The average molecular weight is 285 g/mol. The molecule has 0 saturated carbocycles. The van der Waals surface area contributed by atoms with Crippen molar-refractivity contribution in [3.63, 3.8) is 0 Å². The second kappa shape index (κ2) is 5.93. The average Bonchev–Trinajstić information content (AvgIpc) is 2.27. The summed E-state index contributed by atoms with van der Waals surface area (Å²) in [4.78, 5) is 22.6. The van der Waals surface area contributed by atoms with Gasteiger partial charge >= 0.3 is 12.0 Å². The third-order valence-corrected chi connectivity index (χ3v) is 2.96. The molecule has 1 rings (SSSR count). The van der Waals surface area contributed by atoms with E-state index in [4.69, 9.17) is 16.7 Å². The van der Waals surface area contributed by atoms with Gasteiger partial charge < -0.3 is 15.7 Å². The van der Waals surface area contributed by atoms with Gasteiger partial charge in [0.25, 0.3) is 0 Å². The number of carboxylic acid groups (broad SMARTS) is 1. The monoisotopic (exact) mass is 284 g/mol. The van der Waals surface area contributed by atoms with Crippen LogP contribution < -0.4 is 10.6 Å². The van der Waals surface area contributed by atoms with Crippen LogP contribution in [0.15, 0.2) is 18.2 Å². The van der Waals surface area contributed by atoms with E-state index in [1.165, 1.54) is 18.2 Å². The molecule has 0 saturated heterocycles. The number of nitrogens with one attached hydrogen (secondary N) is 2. The summed E-state index contributed by atoms with van der Waals surface area (Å²) in [6.45, 7) is 5.75. The third kappa shape index (κ3) is 4.79. The van der Waals surface area contributed by atoms with Gasteiger partial charge in [-0.1, -0.05) is 18.5 Å². The van der Waals surface area contributed by atoms with Gasteiger partial charge in [0.05, 0.1) is 5.56 Å². The lowest BCUT2D eigenvalue weighted by Crippen LogP contribution is -2.45. The molecular formula is C13H17ClN2O3. The zero-order chi connectivity index (χ0) is 14.6. The number of anilines is 1. The lowest BCUT2D eigenvalue weighted by atomic mass is 10.0. The van der Waals surface area contributed by atoms with Crippen molar-refractivity contribution < 1.29 is 14.7 Å². The maximum atomic E-state index is 11.8. The Morgan fingerprint density at radius 1 is 1.32 bits per heavy atom. The van der Waals surface area contributed by atoms with Gasteiger partial charge in [0.1, 0.15) is 0 Å². The summed E-state index contributed by atoms with van der Waals surface area (Å²) in [5, 5.41) is 14.5. The fraction of sp³-hybridized carbons (Fsp3) is 0.385. The summed E-state index contributed by atoms with van der Waals surface area (Å²) in [6.07, 6.45) is 0.774. The van der Waals surface area contributed by atoms with Crippen molar-refractivity contribution in [3.05, 3.63) is 28.8 Å². The highest BCUT2D eigenvalue weighted by molar-refractivity contribution is 6.31. The van der Waals surface area contributed by atoms with Crippen LogP contribution in [0.25, 0.3) is 0 Å². The van der Waals surface area contributed by atoms with Gasteiger partial charge in [-0.25, -0.2) is 9.59 Å². The van der Waals surface area contributed by atoms with Gasteiger partial charge in [0.2, 0.25) is 0 Å². The van der Waals surface area contributed by atoms with Gasteiger partial charge in [0.15, 0.2) is 0 Å². The van der Waals surface area contributed by atoms with E-state index < -0.39 is 12.0 Å². The number of halogens is 1. The molecule has 0 atom stereocenters. The lowest BCUT2D eigenvalue weighted by Gasteiger charge is -2.24. The van der Waals surface area contributed by atoms with E-state index in [0.717, 1.165) is 6.42 Å². The molecular weight excluding hydrogens is 268 g/mol. The van der Waals surface area contributed by atoms with Gasteiger partial charge in [-0.2, -0.15) is 0 Å². The van der Waals surface area contributed by atoms with Crippen LogP contribution in [-0.4, -0.2) is 22.6 Å². The van der Waals surface area contributed by atoms with Crippen molar-refractivity contribution >= 4 is 29.3 Å². The Bertz CT molecular complexity index is 501. The van der Waals surface area contributed by atoms with E-state index in [2.05, 4.69) is 10.6 Å². The van der Waals surface area contributed by atoms with Gasteiger partial charge in [-0.3, -0.25) is 0 Å². The third-order valence-electron chi connectivity index (χ3n) is 2.74. The molecule has 0 bridgehead atoms. The number of carbonyl (C=O) groups is 2. The molecule has 0 aliphatic heterocycles. The second-order valence-electron chi connectivity index (χ2n) is 4.85. The number of aromatic carboxylic acids is 1. The topological polar surface area (TPSA) is 78.4 Å². The normalized spacial score (nSPS) is 10.9. The van der Waals surface area contributed by atoms with E-state index in [1.807, 2.05) is 20.8 Å². The summed E-state index contributed by atoms with van der Waals surface area (Å²) in [5.74, 6) is -1.10. The molecule has 0 radical (unpaired) electrons. The number of hydrogen-bond donors (Lipinski definition) is 3. The molecule has 5 nitrogen and oxygen atoms in total. The number of hydrogen-bond acceptors (Lipinski definition) is 2. The molecule has 3 N–H and O–H groups in total. The molecule has 1 aromatic rings. The maximum absolute atomic E-state index is 11.8. The molecule has 6 heteroatoms. The smallest absolute Gasteiger partial charge is 0.335 e. The largest absolute Gasteiger partial charge is 0.478 e. The van der Waals surface area contributed by atoms with Crippen LogP contribution in [0.5, 0.6) is 0 Å². The molecule has 0 heterocycles. The van der Waals surface area contributed by atoms with Crippen LogP contribution in [0.1, 0.15) is 37.6 Å². The van der Waals surface area contributed by atoms with E-state index >= 15 is 0 Å². The summed E-state index contributed by atoms with van der Waals surface area (Å²) in [6, 6.07) is 3.77. The number of carbonyl (C=O) groups excluding carboxylic acids is 1. The molecule has 0 aliphatic carbocycles. The molecule has 0 spiro atoms. The number of carboxylic acids is 1. The fourth-order valence-corrected chi connectivity index (χ4v) is 1.58. The number of urea groups is 1. The van der Waals surface area contributed by atoms with Crippen LogP contribution in [0, 0.1) is 0 Å². The highest BCUT2D eigenvalue weighted by atomic mass is 35.5. The van der Waals surface area contributed by atoms with Crippen molar-refractivity contribution in [2.24, 2.45) is 0 Å². The standard InChI is InChI=1S/C13H17ClN2O3/c1-4-13(2,3)16-12(19)15-10-6-8(11(17)18)5-9(14)7-10/h5-7H,4H2,1-3H3,(H,17,18)(H2,15,16,19). The molecule has 104 valence electrons. The predicted octanol–water partition coefficient (Wildman–Crippen LogP) is 3.35. The van der Waals surface area contributed by atoms with Crippen LogP contribution in [0.3, 0.4) is 0 Å². The molecule has 1 aromatic carbocycles. The zero-order valence-corrected chi connectivity index (χ0v) is 11.8. The Morgan fingerprint density at radius 3 is 2.47 bits per heavy atom. The Kier molecular flexibility index (Phi) is 4.78. The summed E-state index contributed by atoms with van der Waals surface area (Å²) >= 11 is 5.80. The number of benzene rings is 1.